The van der Waals surface area contributed by atoms with Crippen molar-refractivity contribution in [2.45, 2.75) is 51.4 Å². The van der Waals surface area contributed by atoms with Crippen molar-refractivity contribution in [2.24, 2.45) is 23.7 Å². The average molecular weight is 453 g/mol. The SMILES string of the molecule is O=C1[C@H]2CC(Cl)=CC[C@H]2C(=O)N1CCCCCCN1C(=O)[C@@H]2CC=C(Cl)C[C@H]2C1=O. The molecule has 2 aliphatic heterocycles. The van der Waals surface area contributed by atoms with Crippen LogP contribution in [0.2, 0.25) is 0 Å². The molecule has 0 bridgehead atoms. The number of carbonyl (C=O) groups is 4. The molecule has 8 heteroatoms. The van der Waals surface area contributed by atoms with Gasteiger partial charge in [-0.1, -0.05) is 48.2 Å². The molecule has 0 radical (unpaired) electrons. The fraction of sp³-hybridized carbons (Fsp3) is 0.636. The molecular formula is C22H26Cl2N2O4. The molecule has 4 aliphatic rings. The van der Waals surface area contributed by atoms with Gasteiger partial charge in [0.25, 0.3) is 0 Å². The van der Waals surface area contributed by atoms with Crippen molar-refractivity contribution in [3.63, 3.8) is 0 Å². The maximum Gasteiger partial charge on any atom is 0.233 e. The van der Waals surface area contributed by atoms with E-state index < -0.39 is 0 Å². The first-order valence-electron chi connectivity index (χ1n) is 10.8. The van der Waals surface area contributed by atoms with Crippen molar-refractivity contribution in [1.29, 1.82) is 0 Å². The number of likely N-dealkylation sites (tertiary alicyclic amines) is 2. The Morgan fingerprint density at radius 1 is 0.633 bits per heavy atom. The smallest absolute Gasteiger partial charge is 0.233 e. The lowest BCUT2D eigenvalue weighted by Crippen LogP contribution is -2.32. The van der Waals surface area contributed by atoms with Crippen LogP contribution in [0.5, 0.6) is 0 Å². The Kier molecular flexibility index (Phi) is 6.35. The minimum absolute atomic E-state index is 0.0754. The quantitative estimate of drug-likeness (QED) is 0.436. The second-order valence-corrected chi connectivity index (χ2v) is 9.65. The van der Waals surface area contributed by atoms with Crippen molar-refractivity contribution in [3.8, 4) is 0 Å². The average Bonchev–Trinajstić information content (AvgIpc) is 3.09. The zero-order valence-corrected chi connectivity index (χ0v) is 18.3. The first kappa shape index (κ1) is 21.6. The summed E-state index contributed by atoms with van der Waals surface area (Å²) in [6.07, 6.45) is 8.84. The molecule has 0 aromatic rings. The number of fused-ring (bicyclic) bond motifs is 2. The fourth-order valence-electron chi connectivity index (χ4n) is 5.13. The van der Waals surface area contributed by atoms with E-state index >= 15 is 0 Å². The van der Waals surface area contributed by atoms with E-state index in [4.69, 9.17) is 23.2 Å². The molecule has 162 valence electrons. The Morgan fingerprint density at radius 2 is 1.00 bits per heavy atom. The third kappa shape index (κ3) is 3.96. The van der Waals surface area contributed by atoms with E-state index in [0.717, 1.165) is 25.7 Å². The van der Waals surface area contributed by atoms with Crippen molar-refractivity contribution < 1.29 is 19.2 Å². The highest BCUT2D eigenvalue weighted by Gasteiger charge is 2.49. The van der Waals surface area contributed by atoms with E-state index in [0.29, 0.717) is 48.8 Å². The van der Waals surface area contributed by atoms with Gasteiger partial charge in [-0.25, -0.2) is 0 Å². The summed E-state index contributed by atoms with van der Waals surface area (Å²) in [7, 11) is 0. The highest BCUT2D eigenvalue weighted by Crippen LogP contribution is 2.40. The molecule has 0 aromatic carbocycles. The highest BCUT2D eigenvalue weighted by molar-refractivity contribution is 6.30. The summed E-state index contributed by atoms with van der Waals surface area (Å²) in [5, 5.41) is 1.34. The number of hydrogen-bond donors (Lipinski definition) is 0. The number of nitrogens with zero attached hydrogens (tertiary/aromatic N) is 2. The lowest BCUT2D eigenvalue weighted by molar-refractivity contribution is -0.141. The van der Waals surface area contributed by atoms with Gasteiger partial charge in [0, 0.05) is 23.2 Å². The van der Waals surface area contributed by atoms with E-state index in [-0.39, 0.29) is 47.3 Å². The van der Waals surface area contributed by atoms with Gasteiger partial charge in [0.05, 0.1) is 23.7 Å². The Labute approximate surface area is 186 Å². The minimum Gasteiger partial charge on any atom is -0.282 e. The molecule has 0 unspecified atom stereocenters. The van der Waals surface area contributed by atoms with Crippen LogP contribution in [0.15, 0.2) is 22.2 Å². The number of amides is 4. The summed E-state index contributed by atoms with van der Waals surface area (Å²) in [5.74, 6) is -1.44. The van der Waals surface area contributed by atoms with Crippen molar-refractivity contribution in [2.75, 3.05) is 13.1 Å². The predicted octanol–water partition coefficient (Wildman–Crippen LogP) is 3.58. The van der Waals surface area contributed by atoms with Crippen LogP contribution in [0.25, 0.3) is 0 Å². The molecule has 2 heterocycles. The molecule has 2 fully saturated rings. The molecule has 0 spiro atoms. The number of rotatable bonds is 7. The molecule has 4 amide bonds. The van der Waals surface area contributed by atoms with E-state index in [9.17, 15) is 19.2 Å². The number of carbonyl (C=O) groups excluding carboxylic acids is 4. The number of halogens is 2. The second kappa shape index (κ2) is 8.83. The zero-order valence-electron chi connectivity index (χ0n) is 16.8. The maximum atomic E-state index is 12.5. The fourth-order valence-corrected chi connectivity index (χ4v) is 5.64. The monoisotopic (exact) mass is 452 g/mol. The summed E-state index contributed by atoms with van der Waals surface area (Å²) in [6, 6.07) is 0. The standard InChI is InChI=1S/C22H26Cl2N2O4/c23-13-5-7-15-17(11-13)21(29)25(19(15)27)9-3-1-2-4-10-26-20(28)16-8-6-14(24)12-18(16)22(26)30/h5-6,15-18H,1-4,7-12H2/t15-,16-,17-,18+/m1/s1. The molecule has 2 saturated heterocycles. The van der Waals surface area contributed by atoms with Gasteiger partial charge in [-0.15, -0.1) is 0 Å². The first-order chi connectivity index (χ1) is 14.4. The highest BCUT2D eigenvalue weighted by atomic mass is 35.5. The number of allylic oxidation sites excluding steroid dienone is 4. The lowest BCUT2D eigenvalue weighted by atomic mass is 9.85. The second-order valence-electron chi connectivity index (χ2n) is 8.68. The van der Waals surface area contributed by atoms with Gasteiger partial charge in [-0.05, 0) is 38.5 Å². The van der Waals surface area contributed by atoms with Gasteiger partial charge in [-0.2, -0.15) is 0 Å². The molecule has 0 aromatic heterocycles. The number of hydrogen-bond acceptors (Lipinski definition) is 4. The van der Waals surface area contributed by atoms with Crippen LogP contribution in [0.3, 0.4) is 0 Å². The minimum atomic E-state index is -0.297. The summed E-state index contributed by atoms with van der Waals surface area (Å²) >= 11 is 12.1. The van der Waals surface area contributed by atoms with E-state index in [1.165, 1.54) is 9.80 Å². The van der Waals surface area contributed by atoms with Crippen LogP contribution in [-0.4, -0.2) is 46.5 Å². The van der Waals surface area contributed by atoms with Gasteiger partial charge in [0.2, 0.25) is 23.6 Å². The summed E-state index contributed by atoms with van der Waals surface area (Å²) < 4.78 is 0. The van der Waals surface area contributed by atoms with Crippen LogP contribution in [0.1, 0.15) is 51.4 Å². The molecule has 2 aliphatic carbocycles. The van der Waals surface area contributed by atoms with Crippen LogP contribution in [0.4, 0.5) is 0 Å². The van der Waals surface area contributed by atoms with Crippen LogP contribution < -0.4 is 0 Å². The molecule has 0 N–H and O–H groups in total. The van der Waals surface area contributed by atoms with E-state index in [1.807, 2.05) is 12.2 Å². The van der Waals surface area contributed by atoms with E-state index in [1.54, 1.807) is 0 Å². The summed E-state index contributed by atoms with van der Waals surface area (Å²) in [5.41, 5.74) is 0. The molecule has 0 saturated carbocycles. The topological polar surface area (TPSA) is 74.8 Å². The summed E-state index contributed by atoms with van der Waals surface area (Å²) in [4.78, 5) is 52.9. The molecule has 6 nitrogen and oxygen atoms in total. The van der Waals surface area contributed by atoms with Crippen LogP contribution in [0, 0.1) is 23.7 Å². The molecule has 4 rings (SSSR count). The van der Waals surface area contributed by atoms with Gasteiger partial charge < -0.3 is 0 Å². The Hall–Kier alpha value is -1.66. The van der Waals surface area contributed by atoms with E-state index in [2.05, 4.69) is 0 Å². The van der Waals surface area contributed by atoms with Gasteiger partial charge in [-0.3, -0.25) is 29.0 Å². The molecule has 4 atom stereocenters. The molecular weight excluding hydrogens is 427 g/mol. The Balaban J connectivity index is 1.18. The zero-order chi connectivity index (χ0) is 21.4. The number of unbranched alkanes of at least 4 members (excludes halogenated alkanes) is 3. The molecule has 30 heavy (non-hydrogen) atoms. The first-order valence-corrected chi connectivity index (χ1v) is 11.5. The third-order valence-corrected chi connectivity index (χ3v) is 7.45. The largest absolute Gasteiger partial charge is 0.282 e. The van der Waals surface area contributed by atoms with Crippen molar-refractivity contribution in [3.05, 3.63) is 22.2 Å². The Morgan fingerprint density at radius 3 is 1.40 bits per heavy atom. The summed E-state index contributed by atoms with van der Waals surface area (Å²) in [6.45, 7) is 0.857. The van der Waals surface area contributed by atoms with Gasteiger partial charge in [0.15, 0.2) is 0 Å². The van der Waals surface area contributed by atoms with Crippen LogP contribution in [-0.2, 0) is 19.2 Å². The maximum absolute atomic E-state index is 12.5. The lowest BCUT2D eigenvalue weighted by Gasteiger charge is -2.17. The van der Waals surface area contributed by atoms with Gasteiger partial charge in [0.1, 0.15) is 0 Å². The van der Waals surface area contributed by atoms with Crippen molar-refractivity contribution >= 4 is 46.8 Å². The van der Waals surface area contributed by atoms with Gasteiger partial charge >= 0.3 is 0 Å². The normalized spacial score (nSPS) is 31.1. The van der Waals surface area contributed by atoms with Crippen LogP contribution >= 0.6 is 23.2 Å². The van der Waals surface area contributed by atoms with Crippen molar-refractivity contribution in [1.82, 2.24) is 9.80 Å². The number of imide groups is 2. The predicted molar refractivity (Wildman–Crippen MR) is 112 cm³/mol. The third-order valence-electron chi connectivity index (χ3n) is 6.83. The Bertz CT molecular complexity index is 769.